The summed E-state index contributed by atoms with van der Waals surface area (Å²) in [6.07, 6.45) is -1.80. The maximum absolute atomic E-state index is 13.1. The van der Waals surface area contributed by atoms with E-state index in [-0.39, 0.29) is 37.3 Å². The van der Waals surface area contributed by atoms with Crippen LogP contribution in [0.5, 0.6) is 0 Å². The topological polar surface area (TPSA) is 149 Å². The molecule has 2 saturated heterocycles. The Hall–Kier alpha value is -3.47. The van der Waals surface area contributed by atoms with E-state index in [1.54, 1.807) is 47.4 Å². The number of nitrogen functional groups attached to an aromatic ring is 1. The smallest absolute Gasteiger partial charge is 0.259 e. The van der Waals surface area contributed by atoms with Gasteiger partial charge in [-0.05, 0) is 48.9 Å². The van der Waals surface area contributed by atoms with Gasteiger partial charge in [-0.1, -0.05) is 6.07 Å². The second-order valence-electron chi connectivity index (χ2n) is 7.88. The number of rotatable bonds is 6. The molecule has 2 aromatic rings. The third-order valence-electron chi connectivity index (χ3n) is 5.67. The summed E-state index contributed by atoms with van der Waals surface area (Å²) in [5, 5.41) is 20.5. The lowest BCUT2D eigenvalue weighted by atomic mass is 10.1. The predicted molar refractivity (Wildman–Crippen MR) is 129 cm³/mol. The molecule has 34 heavy (non-hydrogen) atoms. The zero-order valence-corrected chi connectivity index (χ0v) is 19.1. The van der Waals surface area contributed by atoms with Crippen molar-refractivity contribution in [1.82, 2.24) is 0 Å². The summed E-state index contributed by atoms with van der Waals surface area (Å²) in [5.41, 5.74) is 7.57. The van der Waals surface area contributed by atoms with Crippen LogP contribution in [0.15, 0.2) is 48.5 Å². The average molecular weight is 488 g/mol. The lowest BCUT2D eigenvalue weighted by Gasteiger charge is -2.34. The molecule has 0 saturated carbocycles. The van der Waals surface area contributed by atoms with Crippen LogP contribution in [0, 0.1) is 5.41 Å². The fraction of sp³-hybridized carbons (Fsp3) is 0.304. The van der Waals surface area contributed by atoms with Crippen molar-refractivity contribution < 1.29 is 24.2 Å². The molecule has 2 aliphatic rings. The van der Waals surface area contributed by atoms with Crippen molar-refractivity contribution in [2.45, 2.75) is 25.0 Å². The maximum atomic E-state index is 13.1. The quantitative estimate of drug-likeness (QED) is 0.356. The van der Waals surface area contributed by atoms with Crippen LogP contribution in [-0.2, 0) is 19.1 Å². The van der Waals surface area contributed by atoms with Crippen molar-refractivity contribution in [2.75, 3.05) is 34.8 Å². The first-order valence-corrected chi connectivity index (χ1v) is 10.6. The van der Waals surface area contributed by atoms with Crippen LogP contribution in [0.3, 0.4) is 0 Å². The highest BCUT2D eigenvalue weighted by Gasteiger charge is 2.39. The predicted octanol–water partition coefficient (Wildman–Crippen LogP) is 1.25. The summed E-state index contributed by atoms with van der Waals surface area (Å²) in [4.78, 5) is 40.9. The number of benzene rings is 2. The zero-order chi connectivity index (χ0) is 23.5. The molecule has 4 rings (SSSR count). The third kappa shape index (κ3) is 5.19. The maximum Gasteiger partial charge on any atom is 0.259 e. The minimum atomic E-state index is -1.73. The van der Waals surface area contributed by atoms with Gasteiger partial charge in [0.1, 0.15) is 5.84 Å². The number of nitrogens with two attached hydrogens (primary N) is 1. The van der Waals surface area contributed by atoms with Crippen LogP contribution in [0.2, 0.25) is 0 Å². The molecule has 0 radical (unpaired) electrons. The normalized spacial score (nSPS) is 18.9. The summed E-state index contributed by atoms with van der Waals surface area (Å²) >= 11 is 0. The van der Waals surface area contributed by atoms with E-state index in [4.69, 9.17) is 15.9 Å². The fourth-order valence-corrected chi connectivity index (χ4v) is 3.93. The minimum absolute atomic E-state index is 0. The van der Waals surface area contributed by atoms with Crippen molar-refractivity contribution in [3.63, 3.8) is 0 Å². The van der Waals surface area contributed by atoms with E-state index >= 15 is 0 Å². The van der Waals surface area contributed by atoms with Crippen molar-refractivity contribution >= 4 is 53.0 Å². The Morgan fingerprint density at radius 1 is 1.12 bits per heavy atom. The number of carbonyl (C=O) groups excluding carboxylic acids is 3. The highest BCUT2D eigenvalue weighted by Crippen LogP contribution is 2.28. The molecule has 2 aromatic carbocycles. The van der Waals surface area contributed by atoms with Gasteiger partial charge in [-0.3, -0.25) is 19.8 Å². The molecule has 180 valence electrons. The molecule has 2 heterocycles. The van der Waals surface area contributed by atoms with Crippen LogP contribution in [-0.4, -0.2) is 60.6 Å². The standard InChI is InChI=1S/C23H25N5O5.ClH/c24-21(25)14-6-8-15(9-7-14)26-22(31)19(30)20-23(32)28(11-12-33-20)17-4-1-3-16(13-17)27-10-2-5-18(27)29;/h1,3-4,6-9,13,19-20,30H,2,5,10-12H2,(H3,24,25)(H,26,31);1H/t19?,20-;/m1./s1. The van der Waals surface area contributed by atoms with Crippen LogP contribution in [0.4, 0.5) is 17.1 Å². The Bertz CT molecular complexity index is 1090. The van der Waals surface area contributed by atoms with Gasteiger partial charge in [0.2, 0.25) is 5.91 Å². The molecule has 0 aliphatic carbocycles. The van der Waals surface area contributed by atoms with Crippen LogP contribution in [0.25, 0.3) is 0 Å². The number of hydrogen-bond acceptors (Lipinski definition) is 6. The van der Waals surface area contributed by atoms with E-state index in [1.165, 1.54) is 4.90 Å². The number of ether oxygens (including phenoxy) is 1. The number of morpholine rings is 1. The lowest BCUT2D eigenvalue weighted by molar-refractivity contribution is -0.150. The molecular weight excluding hydrogens is 462 g/mol. The van der Waals surface area contributed by atoms with E-state index in [1.807, 2.05) is 6.07 Å². The zero-order valence-electron chi connectivity index (χ0n) is 18.3. The molecule has 2 atom stereocenters. The number of halogens is 1. The van der Waals surface area contributed by atoms with E-state index < -0.39 is 24.0 Å². The molecule has 10 nitrogen and oxygen atoms in total. The van der Waals surface area contributed by atoms with Crippen LogP contribution in [0.1, 0.15) is 18.4 Å². The first-order chi connectivity index (χ1) is 15.8. The summed E-state index contributed by atoms with van der Waals surface area (Å²) in [6, 6.07) is 13.3. The summed E-state index contributed by atoms with van der Waals surface area (Å²) in [7, 11) is 0. The highest BCUT2D eigenvalue weighted by atomic mass is 35.5. The fourth-order valence-electron chi connectivity index (χ4n) is 3.93. The van der Waals surface area contributed by atoms with Crippen molar-refractivity contribution in [1.29, 1.82) is 5.41 Å². The van der Waals surface area contributed by atoms with Gasteiger partial charge in [0.05, 0.1) is 6.61 Å². The largest absolute Gasteiger partial charge is 0.384 e. The van der Waals surface area contributed by atoms with Gasteiger partial charge >= 0.3 is 0 Å². The molecular formula is C23H26ClN5O5. The monoisotopic (exact) mass is 487 g/mol. The molecule has 0 aromatic heterocycles. The molecule has 2 aliphatic heterocycles. The van der Waals surface area contributed by atoms with E-state index in [0.717, 1.165) is 6.42 Å². The lowest BCUT2D eigenvalue weighted by Crippen LogP contribution is -2.55. The molecule has 3 amide bonds. The van der Waals surface area contributed by atoms with Crippen molar-refractivity contribution in [3.05, 3.63) is 54.1 Å². The van der Waals surface area contributed by atoms with Gasteiger partial charge < -0.3 is 30.7 Å². The summed E-state index contributed by atoms with van der Waals surface area (Å²) in [6.45, 7) is 1.03. The second kappa shape index (κ2) is 10.6. The summed E-state index contributed by atoms with van der Waals surface area (Å²) in [5.74, 6) is -1.39. The van der Waals surface area contributed by atoms with Crippen LogP contribution >= 0.6 is 12.4 Å². The first-order valence-electron chi connectivity index (χ1n) is 10.6. The molecule has 0 spiro atoms. The third-order valence-corrected chi connectivity index (χ3v) is 5.67. The molecule has 1 unspecified atom stereocenters. The van der Waals surface area contributed by atoms with Gasteiger partial charge in [-0.25, -0.2) is 0 Å². The van der Waals surface area contributed by atoms with Crippen molar-refractivity contribution in [3.8, 4) is 0 Å². The van der Waals surface area contributed by atoms with Gasteiger partial charge in [0.25, 0.3) is 11.8 Å². The number of anilines is 3. The Balaban J connectivity index is 0.00000324. The number of amidine groups is 1. The number of nitrogens with one attached hydrogen (secondary N) is 2. The van der Waals surface area contributed by atoms with Gasteiger partial charge in [-0.15, -0.1) is 12.4 Å². The van der Waals surface area contributed by atoms with Gasteiger partial charge in [0.15, 0.2) is 12.2 Å². The Morgan fingerprint density at radius 2 is 1.79 bits per heavy atom. The number of aliphatic hydroxyl groups excluding tert-OH is 1. The minimum Gasteiger partial charge on any atom is -0.384 e. The number of hydrogen-bond donors (Lipinski definition) is 4. The highest BCUT2D eigenvalue weighted by molar-refractivity contribution is 6.04. The SMILES string of the molecule is Cl.N=C(N)c1ccc(NC(=O)C(O)[C@H]2OCCN(c3cccc(N4CCCC4=O)c3)C2=O)cc1. The Morgan fingerprint density at radius 3 is 2.41 bits per heavy atom. The Labute approximate surface area is 202 Å². The molecule has 0 bridgehead atoms. The molecule has 2 fully saturated rings. The number of amides is 3. The van der Waals surface area contributed by atoms with Crippen LogP contribution < -0.4 is 20.9 Å². The number of nitrogens with zero attached hydrogens (tertiary/aromatic N) is 2. The second-order valence-corrected chi connectivity index (χ2v) is 7.88. The number of aliphatic hydroxyl groups is 1. The first kappa shape index (κ1) is 25.2. The number of carbonyl (C=O) groups is 3. The Kier molecular flexibility index (Phi) is 7.87. The summed E-state index contributed by atoms with van der Waals surface area (Å²) < 4.78 is 5.45. The van der Waals surface area contributed by atoms with Gasteiger partial charge in [-0.2, -0.15) is 0 Å². The van der Waals surface area contributed by atoms with Gasteiger partial charge in [0, 0.05) is 42.1 Å². The van der Waals surface area contributed by atoms with Crippen molar-refractivity contribution in [2.24, 2.45) is 5.73 Å². The van der Waals surface area contributed by atoms with E-state index in [9.17, 15) is 19.5 Å². The van der Waals surface area contributed by atoms with E-state index in [2.05, 4.69) is 5.32 Å². The average Bonchev–Trinajstić information content (AvgIpc) is 3.25. The molecule has 5 N–H and O–H groups in total. The van der Waals surface area contributed by atoms with E-state index in [0.29, 0.717) is 35.6 Å². The molecule has 11 heteroatoms.